The van der Waals surface area contributed by atoms with Crippen molar-refractivity contribution in [2.75, 3.05) is 18.9 Å². The third-order valence-electron chi connectivity index (χ3n) is 6.89. The number of carbonyl (C=O) groups excluding carboxylic acids is 2. The molecular weight excluding hydrogens is 577 g/mol. The molecule has 0 aromatic heterocycles. The number of ether oxygens (including phenoxy) is 1. The van der Waals surface area contributed by atoms with Crippen LogP contribution in [0.25, 0.3) is 0 Å². The summed E-state index contributed by atoms with van der Waals surface area (Å²) in [7, 11) is -4.71. The fourth-order valence-electron chi connectivity index (χ4n) is 4.75. The van der Waals surface area contributed by atoms with Crippen molar-refractivity contribution in [3.63, 3.8) is 0 Å². The highest BCUT2D eigenvalue weighted by Crippen LogP contribution is 2.31. The first-order chi connectivity index (χ1) is 19.3. The molecule has 2 amide bonds. The van der Waals surface area contributed by atoms with Crippen molar-refractivity contribution < 1.29 is 42.1 Å². The number of sulfonamides is 1. The molecule has 1 unspecified atom stereocenters. The summed E-state index contributed by atoms with van der Waals surface area (Å²) >= 11 is 1.17. The van der Waals surface area contributed by atoms with Crippen molar-refractivity contribution in [3.8, 4) is 5.75 Å². The topological polar surface area (TPSA) is 154 Å². The molecule has 11 nitrogen and oxygen atoms in total. The van der Waals surface area contributed by atoms with E-state index in [2.05, 4.69) is 5.32 Å². The minimum Gasteiger partial charge on any atom is -0.480 e. The molecule has 2 heterocycles. The van der Waals surface area contributed by atoms with Gasteiger partial charge >= 0.3 is 12.1 Å². The Kier molecular flexibility index (Phi) is 9.26. The van der Waals surface area contributed by atoms with E-state index in [4.69, 9.17) is 4.74 Å². The van der Waals surface area contributed by atoms with E-state index < -0.39 is 55.7 Å². The maximum atomic E-state index is 13.7. The zero-order valence-electron chi connectivity index (χ0n) is 22.5. The first kappa shape index (κ1) is 30.8. The number of carbonyl (C=O) groups is 3. The van der Waals surface area contributed by atoms with Gasteiger partial charge in [-0.2, -0.15) is 0 Å². The molecule has 0 radical (unpaired) electrons. The number of aliphatic hydroxyl groups excluding tert-OH is 1. The molecule has 0 saturated carbocycles. The zero-order chi connectivity index (χ0) is 29.9. The average Bonchev–Trinajstić information content (AvgIpc) is 3.55. The van der Waals surface area contributed by atoms with Gasteiger partial charge in [0.1, 0.15) is 23.0 Å². The number of nitrogens with one attached hydrogen (secondary N) is 1. The van der Waals surface area contributed by atoms with Crippen LogP contribution in [0, 0.1) is 5.82 Å². The van der Waals surface area contributed by atoms with Crippen molar-refractivity contribution in [2.45, 2.75) is 61.0 Å². The molecule has 0 bridgehead atoms. The van der Waals surface area contributed by atoms with E-state index in [1.807, 2.05) is 13.8 Å². The Bertz CT molecular complexity index is 1390. The highest BCUT2D eigenvalue weighted by Gasteiger charge is 2.46. The summed E-state index contributed by atoms with van der Waals surface area (Å²) in [4.78, 5) is 39.7. The number of amides is 2. The van der Waals surface area contributed by atoms with Gasteiger partial charge in [0.2, 0.25) is 0 Å². The first-order valence-electron chi connectivity index (χ1n) is 13.0. The Hall–Kier alpha value is -3.20. The summed E-state index contributed by atoms with van der Waals surface area (Å²) in [6, 6.07) is 7.48. The molecule has 2 fully saturated rings. The van der Waals surface area contributed by atoms with Gasteiger partial charge in [-0.1, -0.05) is 12.1 Å². The Labute approximate surface area is 241 Å². The van der Waals surface area contributed by atoms with Gasteiger partial charge in [-0.05, 0) is 68.7 Å². The largest absolute Gasteiger partial charge is 0.480 e. The molecule has 0 spiro atoms. The Morgan fingerprint density at radius 1 is 1.17 bits per heavy atom. The summed E-state index contributed by atoms with van der Waals surface area (Å²) in [6.07, 6.45) is 0.418. The lowest BCUT2D eigenvalue weighted by molar-refractivity contribution is -0.146. The molecule has 2 saturated heterocycles. The lowest BCUT2D eigenvalue weighted by Gasteiger charge is -2.31. The van der Waals surface area contributed by atoms with Gasteiger partial charge in [0.15, 0.2) is 0 Å². The second-order valence-electron chi connectivity index (χ2n) is 10.6. The lowest BCUT2D eigenvalue weighted by atomic mass is 10.1. The lowest BCUT2D eigenvalue weighted by Crippen LogP contribution is -2.55. The van der Waals surface area contributed by atoms with Crippen LogP contribution >= 0.6 is 11.8 Å². The van der Waals surface area contributed by atoms with Gasteiger partial charge in [-0.15, -0.1) is 11.8 Å². The van der Waals surface area contributed by atoms with Gasteiger partial charge in [-0.3, -0.25) is 10.1 Å². The molecule has 3 atom stereocenters. The fraction of sp³-hybridized carbons (Fsp3) is 0.444. The SMILES string of the molecule is CC1(C)CS[C@@H](C(=O)N([C@@H](Cc2ccc(OC(=O)N3CCCC3CO)cc2)C(=O)O)S(=O)(=O)c2ccc(F)cc2)N1. The molecular formula is C27H32FN3O8S2. The summed E-state index contributed by atoms with van der Waals surface area (Å²) in [5.41, 5.74) is -0.125. The van der Waals surface area contributed by atoms with Crippen LogP contribution in [0.5, 0.6) is 5.75 Å². The molecule has 14 heteroatoms. The third kappa shape index (κ3) is 7.00. The van der Waals surface area contributed by atoms with Crippen LogP contribution in [0.4, 0.5) is 9.18 Å². The highest BCUT2D eigenvalue weighted by atomic mass is 32.2. The third-order valence-corrected chi connectivity index (χ3v) is 10.3. The van der Waals surface area contributed by atoms with Crippen molar-refractivity contribution in [3.05, 3.63) is 59.9 Å². The number of likely N-dealkylation sites (tertiary alicyclic amines) is 1. The van der Waals surface area contributed by atoms with Crippen LogP contribution < -0.4 is 10.1 Å². The zero-order valence-corrected chi connectivity index (χ0v) is 24.2. The van der Waals surface area contributed by atoms with E-state index in [1.165, 1.54) is 40.9 Å². The summed E-state index contributed by atoms with van der Waals surface area (Å²) in [5.74, 6) is -2.53. The fourth-order valence-corrected chi connectivity index (χ4v) is 7.69. The number of rotatable bonds is 9. The number of aliphatic hydroxyl groups is 1. The molecule has 4 rings (SSSR count). The molecule has 2 aromatic rings. The molecule has 222 valence electrons. The number of nitrogens with zero attached hydrogens (tertiary/aromatic N) is 2. The molecule has 2 aliphatic heterocycles. The van der Waals surface area contributed by atoms with Crippen molar-refractivity contribution in [2.24, 2.45) is 0 Å². The van der Waals surface area contributed by atoms with Gasteiger partial charge in [-0.25, -0.2) is 26.7 Å². The van der Waals surface area contributed by atoms with E-state index in [0.29, 0.717) is 28.6 Å². The molecule has 2 aliphatic rings. The van der Waals surface area contributed by atoms with E-state index in [9.17, 15) is 37.4 Å². The molecule has 41 heavy (non-hydrogen) atoms. The van der Waals surface area contributed by atoms with Crippen molar-refractivity contribution >= 4 is 39.8 Å². The smallest absolute Gasteiger partial charge is 0.415 e. The minimum absolute atomic E-state index is 0.174. The molecule has 0 aliphatic carbocycles. The Balaban J connectivity index is 1.60. The maximum Gasteiger partial charge on any atom is 0.415 e. The highest BCUT2D eigenvalue weighted by molar-refractivity contribution is 8.01. The Morgan fingerprint density at radius 3 is 2.39 bits per heavy atom. The first-order valence-corrected chi connectivity index (χ1v) is 15.5. The van der Waals surface area contributed by atoms with Gasteiger partial charge in [0.05, 0.1) is 17.5 Å². The van der Waals surface area contributed by atoms with Gasteiger partial charge in [0.25, 0.3) is 15.9 Å². The summed E-state index contributed by atoms with van der Waals surface area (Å²) < 4.78 is 46.7. The monoisotopic (exact) mass is 609 g/mol. The van der Waals surface area contributed by atoms with E-state index in [-0.39, 0.29) is 24.8 Å². The summed E-state index contributed by atoms with van der Waals surface area (Å²) in [5, 5.41) is 21.6. The van der Waals surface area contributed by atoms with Gasteiger partial charge < -0.3 is 19.8 Å². The molecule has 2 aromatic carbocycles. The van der Waals surface area contributed by atoms with E-state index in [0.717, 1.165) is 30.7 Å². The number of hydrogen-bond donors (Lipinski definition) is 3. The number of halogens is 1. The Morgan fingerprint density at radius 2 is 1.83 bits per heavy atom. The second kappa shape index (κ2) is 12.3. The number of thioether (sulfide) groups is 1. The maximum absolute atomic E-state index is 13.7. The van der Waals surface area contributed by atoms with Crippen molar-refractivity contribution in [1.29, 1.82) is 0 Å². The van der Waals surface area contributed by atoms with Gasteiger partial charge in [0, 0.05) is 24.3 Å². The quantitative estimate of drug-likeness (QED) is 0.386. The van der Waals surface area contributed by atoms with Crippen molar-refractivity contribution in [1.82, 2.24) is 14.5 Å². The second-order valence-corrected chi connectivity index (χ2v) is 13.5. The standard InChI is InChI=1S/C27H32FN3O8S2/c1-27(2)16-40-23(29-27)24(33)31(41(37,38)21-11-7-18(28)8-12-21)22(25(34)35)14-17-5-9-20(10-6-17)39-26(36)30-13-3-4-19(30)15-32/h5-12,19,22-23,29,32H,3-4,13-16H2,1-2H3,(H,34,35)/t19?,22-,23-/m0/s1. The minimum atomic E-state index is -4.71. The molecule has 3 N–H and O–H groups in total. The predicted octanol–water partition coefficient (Wildman–Crippen LogP) is 2.44. The van der Waals surface area contributed by atoms with Crippen LogP contribution in [0.1, 0.15) is 32.3 Å². The van der Waals surface area contributed by atoms with Crippen LogP contribution in [-0.4, -0.2) is 87.7 Å². The van der Waals surface area contributed by atoms with Crippen LogP contribution in [-0.2, 0) is 26.0 Å². The van der Waals surface area contributed by atoms with E-state index >= 15 is 0 Å². The van der Waals surface area contributed by atoms with E-state index in [1.54, 1.807) is 0 Å². The van der Waals surface area contributed by atoms with Crippen LogP contribution in [0.2, 0.25) is 0 Å². The normalized spacial score (nSPS) is 20.9. The van der Waals surface area contributed by atoms with Crippen LogP contribution in [0.15, 0.2) is 53.4 Å². The number of aliphatic carboxylic acids is 1. The number of benzene rings is 2. The predicted molar refractivity (Wildman–Crippen MR) is 148 cm³/mol. The number of carboxylic acids is 1. The van der Waals surface area contributed by atoms with Crippen LogP contribution in [0.3, 0.4) is 0 Å². The number of carboxylic acid groups (broad SMARTS) is 1. The average molecular weight is 610 g/mol. The summed E-state index contributed by atoms with van der Waals surface area (Å²) in [6.45, 7) is 3.96. The number of hydrogen-bond acceptors (Lipinski definition) is 9.